The van der Waals surface area contributed by atoms with Crippen molar-refractivity contribution in [1.29, 1.82) is 0 Å². The molecule has 1 rings (SSSR count). The Hall–Kier alpha value is -1.77. The maximum atomic E-state index is 10.8. The number of ketones is 1. The zero-order chi connectivity index (χ0) is 10.6. The Bertz CT molecular complexity index is 380. The van der Waals surface area contributed by atoms with Crippen molar-refractivity contribution >= 4 is 18.4 Å². The van der Waals surface area contributed by atoms with E-state index in [1.165, 1.54) is 6.92 Å². The standard InChI is InChI=1S/C11H10O3/c1-8(14)4-9-2-3-10(6-12)11(5-9)7-13/h2-3,5-7H,4H2,1H3. The Morgan fingerprint density at radius 3 is 2.36 bits per heavy atom. The lowest BCUT2D eigenvalue weighted by molar-refractivity contribution is -0.116. The topological polar surface area (TPSA) is 51.2 Å². The lowest BCUT2D eigenvalue weighted by atomic mass is 10.0. The lowest BCUT2D eigenvalue weighted by Crippen LogP contribution is -1.99. The van der Waals surface area contributed by atoms with Crippen molar-refractivity contribution in [3.63, 3.8) is 0 Å². The fourth-order valence-electron chi connectivity index (χ4n) is 1.23. The number of carbonyl (C=O) groups is 3. The van der Waals surface area contributed by atoms with Gasteiger partial charge in [0.05, 0.1) is 0 Å². The molecule has 0 saturated heterocycles. The first-order valence-corrected chi connectivity index (χ1v) is 4.20. The molecule has 72 valence electrons. The number of hydrogen-bond acceptors (Lipinski definition) is 3. The van der Waals surface area contributed by atoms with Gasteiger partial charge in [-0.2, -0.15) is 0 Å². The summed E-state index contributed by atoms with van der Waals surface area (Å²) in [6.07, 6.45) is 1.54. The first kappa shape index (κ1) is 10.3. The molecule has 0 saturated carbocycles. The molecule has 1 aromatic rings. The number of aldehydes is 2. The summed E-state index contributed by atoms with van der Waals surface area (Å²) in [5, 5.41) is 0. The van der Waals surface area contributed by atoms with Crippen LogP contribution < -0.4 is 0 Å². The van der Waals surface area contributed by atoms with E-state index in [-0.39, 0.29) is 5.78 Å². The summed E-state index contributed by atoms with van der Waals surface area (Å²) in [6, 6.07) is 4.80. The van der Waals surface area contributed by atoms with Crippen molar-refractivity contribution < 1.29 is 14.4 Å². The summed E-state index contributed by atoms with van der Waals surface area (Å²) in [4.78, 5) is 31.9. The highest BCUT2D eigenvalue weighted by molar-refractivity contribution is 5.91. The number of rotatable bonds is 4. The van der Waals surface area contributed by atoms with Gasteiger partial charge in [0, 0.05) is 17.5 Å². The highest BCUT2D eigenvalue weighted by atomic mass is 16.1. The number of carbonyl (C=O) groups excluding carboxylic acids is 3. The fourth-order valence-corrected chi connectivity index (χ4v) is 1.23. The van der Waals surface area contributed by atoms with Gasteiger partial charge in [-0.25, -0.2) is 0 Å². The highest BCUT2D eigenvalue weighted by Crippen LogP contribution is 2.09. The minimum Gasteiger partial charge on any atom is -0.300 e. The van der Waals surface area contributed by atoms with Crippen molar-refractivity contribution in [2.45, 2.75) is 13.3 Å². The van der Waals surface area contributed by atoms with Crippen LogP contribution in [0.15, 0.2) is 18.2 Å². The summed E-state index contributed by atoms with van der Waals surface area (Å²) in [6.45, 7) is 1.48. The molecular formula is C11H10O3. The second kappa shape index (κ2) is 4.46. The molecule has 0 aliphatic rings. The predicted octanol–water partition coefficient (Wildman–Crippen LogP) is 1.44. The second-order valence-electron chi connectivity index (χ2n) is 3.08. The molecule has 14 heavy (non-hydrogen) atoms. The van der Waals surface area contributed by atoms with E-state index in [1.807, 2.05) is 0 Å². The van der Waals surface area contributed by atoms with Gasteiger partial charge in [0.1, 0.15) is 5.78 Å². The summed E-state index contributed by atoms with van der Waals surface area (Å²) in [5.41, 5.74) is 1.44. The van der Waals surface area contributed by atoms with Crippen molar-refractivity contribution in [2.75, 3.05) is 0 Å². The van der Waals surface area contributed by atoms with E-state index in [1.54, 1.807) is 18.2 Å². The van der Waals surface area contributed by atoms with Gasteiger partial charge in [0.15, 0.2) is 12.6 Å². The van der Waals surface area contributed by atoms with Gasteiger partial charge in [0.2, 0.25) is 0 Å². The van der Waals surface area contributed by atoms with E-state index in [0.717, 1.165) is 5.56 Å². The molecule has 0 atom stereocenters. The van der Waals surface area contributed by atoms with E-state index in [2.05, 4.69) is 0 Å². The van der Waals surface area contributed by atoms with Crippen LogP contribution in [0.5, 0.6) is 0 Å². The molecule has 0 aromatic heterocycles. The molecule has 0 aliphatic carbocycles. The summed E-state index contributed by atoms with van der Waals surface area (Å²) in [5.74, 6) is 0.0284. The Kier molecular flexibility index (Phi) is 3.29. The third kappa shape index (κ3) is 2.36. The zero-order valence-electron chi connectivity index (χ0n) is 7.82. The predicted molar refractivity (Wildman–Crippen MR) is 51.6 cm³/mol. The van der Waals surface area contributed by atoms with Crippen LogP contribution in [-0.2, 0) is 11.2 Å². The van der Waals surface area contributed by atoms with Gasteiger partial charge < -0.3 is 0 Å². The maximum Gasteiger partial charge on any atom is 0.150 e. The summed E-state index contributed by atoms with van der Waals surface area (Å²) in [7, 11) is 0. The molecule has 0 aliphatic heterocycles. The van der Waals surface area contributed by atoms with Crippen molar-refractivity contribution in [2.24, 2.45) is 0 Å². The molecule has 0 bridgehead atoms. The van der Waals surface area contributed by atoms with E-state index >= 15 is 0 Å². The molecule has 0 unspecified atom stereocenters. The average Bonchev–Trinajstić information content (AvgIpc) is 2.16. The molecule has 0 fully saturated rings. The van der Waals surface area contributed by atoms with Gasteiger partial charge in [-0.15, -0.1) is 0 Å². The minimum atomic E-state index is 0.0284. The van der Waals surface area contributed by atoms with Crippen LogP contribution in [0.4, 0.5) is 0 Å². The molecule has 0 heterocycles. The Balaban J connectivity index is 3.07. The Labute approximate surface area is 81.7 Å². The Morgan fingerprint density at radius 2 is 1.86 bits per heavy atom. The molecule has 0 N–H and O–H groups in total. The quantitative estimate of drug-likeness (QED) is 0.675. The monoisotopic (exact) mass is 190 g/mol. The third-order valence-corrected chi connectivity index (χ3v) is 1.86. The molecular weight excluding hydrogens is 180 g/mol. The van der Waals surface area contributed by atoms with E-state index in [4.69, 9.17) is 0 Å². The van der Waals surface area contributed by atoms with E-state index < -0.39 is 0 Å². The first-order valence-electron chi connectivity index (χ1n) is 4.20. The maximum absolute atomic E-state index is 10.8. The average molecular weight is 190 g/mol. The van der Waals surface area contributed by atoms with Crippen LogP contribution in [0, 0.1) is 0 Å². The summed E-state index contributed by atoms with van der Waals surface area (Å²) >= 11 is 0. The van der Waals surface area contributed by atoms with Crippen molar-refractivity contribution in [3.05, 3.63) is 34.9 Å². The molecule has 1 aromatic carbocycles. The van der Waals surface area contributed by atoms with E-state index in [9.17, 15) is 14.4 Å². The van der Waals surface area contributed by atoms with Crippen LogP contribution in [0.25, 0.3) is 0 Å². The largest absolute Gasteiger partial charge is 0.300 e. The van der Waals surface area contributed by atoms with Crippen LogP contribution in [-0.4, -0.2) is 18.4 Å². The number of Topliss-reactive ketones (excluding diaryl/α,β-unsaturated/α-hetero) is 1. The van der Waals surface area contributed by atoms with Gasteiger partial charge in [-0.3, -0.25) is 14.4 Å². The van der Waals surface area contributed by atoms with Gasteiger partial charge >= 0.3 is 0 Å². The smallest absolute Gasteiger partial charge is 0.150 e. The number of hydrogen-bond donors (Lipinski definition) is 0. The molecule has 0 radical (unpaired) electrons. The molecule has 0 amide bonds. The van der Waals surface area contributed by atoms with Crippen molar-refractivity contribution in [3.8, 4) is 0 Å². The molecule has 3 nitrogen and oxygen atoms in total. The highest BCUT2D eigenvalue weighted by Gasteiger charge is 2.03. The fraction of sp³-hybridized carbons (Fsp3) is 0.182. The van der Waals surface area contributed by atoms with Crippen molar-refractivity contribution in [1.82, 2.24) is 0 Å². The zero-order valence-corrected chi connectivity index (χ0v) is 7.82. The Morgan fingerprint density at radius 1 is 1.21 bits per heavy atom. The van der Waals surface area contributed by atoms with Gasteiger partial charge in [-0.1, -0.05) is 12.1 Å². The number of benzene rings is 1. The second-order valence-corrected chi connectivity index (χ2v) is 3.08. The minimum absolute atomic E-state index is 0.0284. The van der Waals surface area contributed by atoms with Crippen LogP contribution >= 0.6 is 0 Å². The summed E-state index contributed by atoms with van der Waals surface area (Å²) < 4.78 is 0. The molecule has 0 spiro atoms. The van der Waals surface area contributed by atoms with Crippen LogP contribution in [0.3, 0.4) is 0 Å². The SMILES string of the molecule is CC(=O)Cc1ccc(C=O)c(C=O)c1. The molecule has 3 heteroatoms. The first-order chi connectivity index (χ1) is 6.67. The third-order valence-electron chi connectivity index (χ3n) is 1.86. The van der Waals surface area contributed by atoms with E-state index in [0.29, 0.717) is 30.1 Å². The van der Waals surface area contributed by atoms with Gasteiger partial charge in [-0.05, 0) is 18.6 Å². The van der Waals surface area contributed by atoms with Crippen LogP contribution in [0.1, 0.15) is 33.2 Å². The normalized spacial score (nSPS) is 9.50. The van der Waals surface area contributed by atoms with Crippen LogP contribution in [0.2, 0.25) is 0 Å². The van der Waals surface area contributed by atoms with Gasteiger partial charge in [0.25, 0.3) is 0 Å². The lowest BCUT2D eigenvalue weighted by Gasteiger charge is -2.01.